The normalized spacial score (nSPS) is 17.4. The quantitative estimate of drug-likeness (QED) is 0.190. The third kappa shape index (κ3) is 7.23. The summed E-state index contributed by atoms with van der Waals surface area (Å²) < 4.78 is 0. The van der Waals surface area contributed by atoms with Gasteiger partial charge in [0.15, 0.2) is 5.82 Å². The molecule has 1 fully saturated rings. The summed E-state index contributed by atoms with van der Waals surface area (Å²) in [5.41, 5.74) is 4.33. The highest BCUT2D eigenvalue weighted by Crippen LogP contribution is 2.37. The maximum Gasteiger partial charge on any atom is 0.326 e. The lowest BCUT2D eigenvalue weighted by atomic mass is 9.78. The van der Waals surface area contributed by atoms with Gasteiger partial charge in [0.25, 0.3) is 5.91 Å². The van der Waals surface area contributed by atoms with Gasteiger partial charge in [-0.2, -0.15) is 5.26 Å². The molecule has 2 N–H and O–H groups in total. The number of carboxylic acids is 1. The number of carboxylic acid groups (broad SMARTS) is 1. The van der Waals surface area contributed by atoms with Crippen molar-refractivity contribution < 1.29 is 14.7 Å². The van der Waals surface area contributed by atoms with Gasteiger partial charge < -0.3 is 10.4 Å². The van der Waals surface area contributed by atoms with E-state index in [9.17, 15) is 20.0 Å². The number of benzene rings is 2. The molecule has 0 unspecified atom stereocenters. The smallest absolute Gasteiger partial charge is 0.326 e. The maximum atomic E-state index is 12.8. The second-order valence-corrected chi connectivity index (χ2v) is 13.3. The third-order valence-corrected chi connectivity index (χ3v) is 10.2. The lowest BCUT2D eigenvalue weighted by Crippen LogP contribution is -2.42. The first kappa shape index (κ1) is 31.1. The van der Waals surface area contributed by atoms with Gasteiger partial charge in [-0.15, -0.1) is 11.3 Å². The van der Waals surface area contributed by atoms with E-state index < -0.39 is 23.3 Å². The predicted octanol–water partition coefficient (Wildman–Crippen LogP) is 7.78. The summed E-state index contributed by atoms with van der Waals surface area (Å²) in [6.07, 6.45) is 10.3. The summed E-state index contributed by atoms with van der Waals surface area (Å²) in [6.45, 7) is 5.85. The molecule has 1 saturated carbocycles. The number of carbonyl (C=O) groups is 2. The van der Waals surface area contributed by atoms with Gasteiger partial charge in [0.05, 0.1) is 16.4 Å². The monoisotopic (exact) mass is 606 g/mol. The van der Waals surface area contributed by atoms with Gasteiger partial charge >= 0.3 is 5.97 Å². The molecule has 44 heavy (non-hydrogen) atoms. The van der Waals surface area contributed by atoms with Gasteiger partial charge in [0, 0.05) is 34.8 Å². The molecule has 1 aliphatic rings. The average Bonchev–Trinajstić information content (AvgIpc) is 3.57. The molecule has 0 aliphatic heterocycles. The molecule has 1 amide bonds. The molecule has 0 bridgehead atoms. The van der Waals surface area contributed by atoms with Crippen molar-refractivity contribution >= 4 is 23.2 Å². The summed E-state index contributed by atoms with van der Waals surface area (Å²) in [4.78, 5) is 35.1. The van der Waals surface area contributed by atoms with Gasteiger partial charge in [-0.1, -0.05) is 61.9 Å². The van der Waals surface area contributed by atoms with Crippen LogP contribution in [0, 0.1) is 17.2 Å². The Labute approximate surface area is 263 Å². The minimum atomic E-state index is -1.12. The van der Waals surface area contributed by atoms with E-state index in [0.717, 1.165) is 33.0 Å². The molecule has 4 aromatic rings. The number of hydrogen-bond donors (Lipinski definition) is 2. The number of rotatable bonds is 10. The Balaban J connectivity index is 1.20. The zero-order valence-corrected chi connectivity index (χ0v) is 26.2. The number of hydrogen-bond acceptors (Lipinski definition) is 6. The van der Waals surface area contributed by atoms with E-state index in [1.807, 2.05) is 36.7 Å². The van der Waals surface area contributed by atoms with Gasteiger partial charge in [-0.05, 0) is 80.2 Å². The Kier molecular flexibility index (Phi) is 9.55. The molecule has 2 heterocycles. The van der Waals surface area contributed by atoms with Crippen LogP contribution in [0.3, 0.4) is 0 Å². The van der Waals surface area contributed by atoms with Crippen molar-refractivity contribution in [2.45, 2.75) is 76.7 Å². The second-order valence-electron chi connectivity index (χ2n) is 12.2. The van der Waals surface area contributed by atoms with Crippen molar-refractivity contribution in [1.29, 1.82) is 5.26 Å². The van der Waals surface area contributed by atoms with E-state index in [1.54, 1.807) is 26.0 Å². The van der Waals surface area contributed by atoms with E-state index >= 15 is 0 Å². The van der Waals surface area contributed by atoms with Crippen LogP contribution in [0.5, 0.6) is 0 Å². The predicted molar refractivity (Wildman–Crippen MR) is 173 cm³/mol. The number of nitrogens with zero attached hydrogens (tertiary/aromatic N) is 3. The van der Waals surface area contributed by atoms with E-state index in [-0.39, 0.29) is 6.42 Å². The van der Waals surface area contributed by atoms with Crippen LogP contribution in [0.25, 0.3) is 22.5 Å². The summed E-state index contributed by atoms with van der Waals surface area (Å²) in [5.74, 6) is 0.546. The Morgan fingerprint density at radius 3 is 2.18 bits per heavy atom. The fourth-order valence-corrected chi connectivity index (χ4v) is 6.75. The molecular weight excluding hydrogens is 568 g/mol. The summed E-state index contributed by atoms with van der Waals surface area (Å²) in [6, 6.07) is 20.7. The summed E-state index contributed by atoms with van der Waals surface area (Å²) in [5, 5.41) is 21.8. The fraction of sp³-hybridized carbons (Fsp3) is 0.361. The first-order valence-electron chi connectivity index (χ1n) is 15.2. The van der Waals surface area contributed by atoms with Crippen LogP contribution in [0.4, 0.5) is 0 Å². The number of nitriles is 1. The molecule has 5 rings (SSSR count). The molecule has 8 heteroatoms. The lowest BCUT2D eigenvalue weighted by Gasteiger charge is -2.28. The van der Waals surface area contributed by atoms with E-state index in [0.29, 0.717) is 16.6 Å². The van der Waals surface area contributed by atoms with E-state index in [2.05, 4.69) is 52.5 Å². The van der Waals surface area contributed by atoms with Gasteiger partial charge in [-0.3, -0.25) is 4.79 Å². The van der Waals surface area contributed by atoms with Gasteiger partial charge in [0.2, 0.25) is 0 Å². The molecule has 0 saturated heterocycles. The van der Waals surface area contributed by atoms with Crippen LogP contribution in [0.2, 0.25) is 0 Å². The number of aromatic nitrogens is 2. The first-order valence-corrected chi connectivity index (χ1v) is 16.1. The van der Waals surface area contributed by atoms with Gasteiger partial charge in [0.1, 0.15) is 6.04 Å². The standard InChI is InChI=1S/C36H38N4O3S/c1-4-23-5-9-25(10-6-23)26-13-15-27(16-14-26)29-20-38-33(39-21-29)28-11-7-24(8-12-28)19-30(35(42)43)40-34(41)31-17-18-32(44-31)36(2,3)22-37/h7-8,11-18,20-21,23,25,30H,4-6,9-10,19H2,1-3H3,(H,40,41)(H,42,43)/t23?,25?,30-/m0/s1. The zero-order chi connectivity index (χ0) is 31.3. The largest absolute Gasteiger partial charge is 0.480 e. The van der Waals surface area contributed by atoms with Crippen LogP contribution in [-0.4, -0.2) is 33.0 Å². The highest BCUT2D eigenvalue weighted by atomic mass is 32.1. The number of aliphatic carboxylic acids is 1. The van der Waals surface area contributed by atoms with Crippen molar-refractivity contribution in [1.82, 2.24) is 15.3 Å². The molecule has 1 atom stereocenters. The summed E-state index contributed by atoms with van der Waals surface area (Å²) in [7, 11) is 0. The second kappa shape index (κ2) is 13.5. The number of thiophene rings is 1. The van der Waals surface area contributed by atoms with Crippen molar-refractivity contribution in [2.24, 2.45) is 5.92 Å². The molecule has 1 aliphatic carbocycles. The molecule has 7 nitrogen and oxygen atoms in total. The van der Waals surface area contributed by atoms with Crippen LogP contribution in [0.15, 0.2) is 73.1 Å². The minimum absolute atomic E-state index is 0.124. The van der Waals surface area contributed by atoms with Crippen LogP contribution in [-0.2, 0) is 16.6 Å². The summed E-state index contributed by atoms with van der Waals surface area (Å²) >= 11 is 1.20. The average molecular weight is 607 g/mol. The molecule has 2 aromatic heterocycles. The SMILES string of the molecule is CCC1CCC(c2ccc(-c3cnc(-c4ccc(C[C@H](NC(=O)c5ccc(C(C)(C)C#N)s5)C(=O)O)cc4)nc3)cc2)CC1. The van der Waals surface area contributed by atoms with Crippen LogP contribution >= 0.6 is 11.3 Å². The zero-order valence-electron chi connectivity index (χ0n) is 25.4. The van der Waals surface area contributed by atoms with Crippen molar-refractivity contribution in [2.75, 3.05) is 0 Å². The molecule has 0 spiro atoms. The fourth-order valence-electron chi connectivity index (χ4n) is 5.78. The topological polar surface area (TPSA) is 116 Å². The van der Waals surface area contributed by atoms with E-state index in [4.69, 9.17) is 0 Å². The Morgan fingerprint density at radius 1 is 0.955 bits per heavy atom. The Morgan fingerprint density at radius 2 is 1.59 bits per heavy atom. The van der Waals surface area contributed by atoms with Crippen LogP contribution in [0.1, 0.15) is 84.5 Å². The number of amides is 1. The highest BCUT2D eigenvalue weighted by molar-refractivity contribution is 7.14. The Bertz CT molecular complexity index is 1630. The van der Waals surface area contributed by atoms with Crippen LogP contribution < -0.4 is 5.32 Å². The minimum Gasteiger partial charge on any atom is -0.480 e. The number of nitrogens with one attached hydrogen (secondary N) is 1. The van der Waals surface area contributed by atoms with E-state index in [1.165, 1.54) is 49.0 Å². The highest BCUT2D eigenvalue weighted by Gasteiger charge is 2.26. The molecule has 226 valence electrons. The molecule has 2 aromatic carbocycles. The number of carbonyl (C=O) groups excluding carboxylic acids is 1. The van der Waals surface area contributed by atoms with Crippen molar-refractivity contribution in [3.05, 3.63) is 93.9 Å². The van der Waals surface area contributed by atoms with Gasteiger partial charge in [-0.25, -0.2) is 14.8 Å². The first-order chi connectivity index (χ1) is 21.2. The van der Waals surface area contributed by atoms with Crippen molar-refractivity contribution in [3.8, 4) is 28.6 Å². The maximum absolute atomic E-state index is 12.8. The molecular formula is C36H38N4O3S. The molecule has 0 radical (unpaired) electrons. The van der Waals surface area contributed by atoms with Crippen molar-refractivity contribution in [3.63, 3.8) is 0 Å². The lowest BCUT2D eigenvalue weighted by molar-refractivity contribution is -0.139. The third-order valence-electron chi connectivity index (χ3n) is 8.77. The Hall–Kier alpha value is -4.35.